The van der Waals surface area contributed by atoms with Gasteiger partial charge < -0.3 is 0 Å². The first-order chi connectivity index (χ1) is 12.9. The fourth-order valence-electron chi connectivity index (χ4n) is 2.43. The molecule has 1 aromatic carbocycles. The molecule has 1 amide bonds. The number of halogens is 1. The molecule has 0 aliphatic heterocycles. The van der Waals surface area contributed by atoms with Gasteiger partial charge in [0.05, 0.1) is 10.3 Å². The molecule has 2 heterocycles. The van der Waals surface area contributed by atoms with Crippen molar-refractivity contribution in [1.82, 2.24) is 13.9 Å². The highest BCUT2D eigenvalue weighted by molar-refractivity contribution is 14.1. The van der Waals surface area contributed by atoms with Crippen molar-refractivity contribution in [1.29, 1.82) is 0 Å². The van der Waals surface area contributed by atoms with E-state index in [9.17, 15) is 18.0 Å². The Morgan fingerprint density at radius 2 is 1.82 bits per heavy atom. The van der Waals surface area contributed by atoms with Crippen molar-refractivity contribution < 1.29 is 13.2 Å². The number of anilines is 1. The number of hydrogen-bond donors (Lipinski definition) is 2. The summed E-state index contributed by atoms with van der Waals surface area (Å²) in [5.74, 6) is -0.462. The maximum Gasteiger partial charge on any atom is 0.269 e. The van der Waals surface area contributed by atoms with Gasteiger partial charge in [-0.25, -0.2) is 12.4 Å². The minimum absolute atomic E-state index is 0.0436. The van der Waals surface area contributed by atoms with Crippen LogP contribution in [0.2, 0.25) is 0 Å². The van der Waals surface area contributed by atoms with Gasteiger partial charge in [0, 0.05) is 15.2 Å². The number of carbonyl (C=O) groups excluding carboxylic acids is 1. The van der Waals surface area contributed by atoms with Crippen molar-refractivity contribution in [2.24, 2.45) is 5.41 Å². The van der Waals surface area contributed by atoms with Crippen LogP contribution >= 0.6 is 22.6 Å². The van der Waals surface area contributed by atoms with Crippen molar-refractivity contribution in [3.8, 4) is 0 Å². The van der Waals surface area contributed by atoms with Crippen LogP contribution in [-0.4, -0.2) is 28.3 Å². The molecule has 0 unspecified atom stereocenters. The molecule has 8 nitrogen and oxygen atoms in total. The monoisotopic (exact) mass is 514 g/mol. The van der Waals surface area contributed by atoms with E-state index in [1.54, 1.807) is 32.9 Å². The van der Waals surface area contributed by atoms with Crippen molar-refractivity contribution in [3.05, 3.63) is 49.9 Å². The molecule has 0 atom stereocenters. The standard InChI is InChI=1S/C18H19IN4O4S/c1-10-5-7-11(8-6-10)28(26,27)23-9-12(19)13-14(23)20-17(21-15(13)24)22-16(25)18(2,3)4/h5-9H,1-4H3,(H2,20,21,22,24,25). The zero-order valence-electron chi connectivity index (χ0n) is 15.7. The molecule has 148 valence electrons. The number of nitrogens with zero attached hydrogens (tertiary/aromatic N) is 2. The molecule has 10 heteroatoms. The maximum atomic E-state index is 13.1. The zero-order valence-corrected chi connectivity index (χ0v) is 18.7. The average Bonchev–Trinajstić information content (AvgIpc) is 2.92. The minimum atomic E-state index is -3.97. The Labute approximate surface area is 175 Å². The molecule has 0 radical (unpaired) electrons. The van der Waals surface area contributed by atoms with Crippen LogP contribution in [0.1, 0.15) is 26.3 Å². The first-order valence-corrected chi connectivity index (χ1v) is 10.9. The van der Waals surface area contributed by atoms with E-state index in [-0.39, 0.29) is 27.8 Å². The van der Waals surface area contributed by atoms with Gasteiger partial charge in [0.25, 0.3) is 15.6 Å². The van der Waals surface area contributed by atoms with E-state index in [2.05, 4.69) is 15.3 Å². The van der Waals surface area contributed by atoms with E-state index < -0.39 is 21.0 Å². The first-order valence-electron chi connectivity index (χ1n) is 8.36. The fraction of sp³-hybridized carbons (Fsp3) is 0.278. The number of H-pyrrole nitrogens is 1. The molecule has 28 heavy (non-hydrogen) atoms. The molecule has 0 saturated carbocycles. The summed E-state index contributed by atoms with van der Waals surface area (Å²) in [5.41, 5.74) is -0.361. The summed E-state index contributed by atoms with van der Waals surface area (Å²) in [6.07, 6.45) is 1.35. The normalized spacial score (nSPS) is 12.3. The molecule has 0 spiro atoms. The second-order valence-corrected chi connectivity index (χ2v) is 10.4. The van der Waals surface area contributed by atoms with Crippen LogP contribution in [0.3, 0.4) is 0 Å². The summed E-state index contributed by atoms with van der Waals surface area (Å²) in [5, 5.41) is 2.68. The Morgan fingerprint density at radius 1 is 1.21 bits per heavy atom. The van der Waals surface area contributed by atoms with E-state index in [1.165, 1.54) is 18.3 Å². The van der Waals surface area contributed by atoms with Gasteiger partial charge in [-0.3, -0.25) is 19.9 Å². The zero-order chi connectivity index (χ0) is 20.9. The topological polar surface area (TPSA) is 114 Å². The van der Waals surface area contributed by atoms with Crippen LogP contribution in [0, 0.1) is 15.9 Å². The fourth-order valence-corrected chi connectivity index (χ4v) is 4.69. The SMILES string of the molecule is Cc1ccc(S(=O)(=O)n2cc(I)c3c(=O)[nH]c(NC(=O)C(C)(C)C)nc32)cc1. The predicted molar refractivity (Wildman–Crippen MR) is 115 cm³/mol. The second-order valence-electron chi connectivity index (χ2n) is 7.41. The molecule has 0 aliphatic rings. The van der Waals surface area contributed by atoms with Crippen LogP contribution in [0.5, 0.6) is 0 Å². The van der Waals surface area contributed by atoms with Gasteiger partial charge in [-0.2, -0.15) is 4.98 Å². The van der Waals surface area contributed by atoms with Gasteiger partial charge in [0.1, 0.15) is 0 Å². The van der Waals surface area contributed by atoms with Crippen molar-refractivity contribution in [3.63, 3.8) is 0 Å². The minimum Gasteiger partial charge on any atom is -0.296 e. The van der Waals surface area contributed by atoms with Gasteiger partial charge in [-0.1, -0.05) is 38.5 Å². The molecule has 2 aromatic heterocycles. The second kappa shape index (κ2) is 6.99. The number of nitrogens with one attached hydrogen (secondary N) is 2. The third-order valence-corrected chi connectivity index (χ3v) is 6.55. The lowest BCUT2D eigenvalue weighted by molar-refractivity contribution is -0.123. The Hall–Kier alpha value is -2.21. The van der Waals surface area contributed by atoms with Crippen molar-refractivity contribution in [2.75, 3.05) is 5.32 Å². The summed E-state index contributed by atoms with van der Waals surface area (Å²) in [7, 11) is -3.97. The molecular weight excluding hydrogens is 495 g/mol. The average molecular weight is 514 g/mol. The highest BCUT2D eigenvalue weighted by Crippen LogP contribution is 2.25. The van der Waals surface area contributed by atoms with E-state index in [4.69, 9.17) is 0 Å². The number of rotatable bonds is 3. The molecule has 3 aromatic rings. The highest BCUT2D eigenvalue weighted by atomic mass is 127. The maximum absolute atomic E-state index is 13.1. The summed E-state index contributed by atoms with van der Waals surface area (Å²) < 4.78 is 27.6. The lowest BCUT2D eigenvalue weighted by Gasteiger charge is -2.17. The smallest absolute Gasteiger partial charge is 0.269 e. The van der Waals surface area contributed by atoms with Crippen LogP contribution in [0.15, 0.2) is 40.2 Å². The third-order valence-electron chi connectivity index (χ3n) is 4.07. The molecular formula is C18H19IN4O4S. The van der Waals surface area contributed by atoms with Crippen LogP contribution in [-0.2, 0) is 14.8 Å². The third kappa shape index (κ3) is 3.70. The number of amides is 1. The molecule has 2 N–H and O–H groups in total. The van der Waals surface area contributed by atoms with Gasteiger partial charge in [-0.15, -0.1) is 0 Å². The number of carbonyl (C=O) groups is 1. The Bertz CT molecular complexity index is 1240. The molecule has 0 bridgehead atoms. The largest absolute Gasteiger partial charge is 0.296 e. The lowest BCUT2D eigenvalue weighted by atomic mass is 9.96. The van der Waals surface area contributed by atoms with Crippen molar-refractivity contribution in [2.45, 2.75) is 32.6 Å². The first kappa shape index (κ1) is 20.5. The number of hydrogen-bond acceptors (Lipinski definition) is 5. The van der Waals surface area contributed by atoms with E-state index >= 15 is 0 Å². The Balaban J connectivity index is 2.20. The van der Waals surface area contributed by atoms with Crippen LogP contribution in [0.4, 0.5) is 5.95 Å². The number of aryl methyl sites for hydroxylation is 1. The summed E-state index contributed by atoms with van der Waals surface area (Å²) in [6.45, 7) is 7.00. The number of aromatic nitrogens is 3. The lowest BCUT2D eigenvalue weighted by Crippen LogP contribution is -2.29. The van der Waals surface area contributed by atoms with E-state index in [1.807, 2.05) is 29.5 Å². The summed E-state index contributed by atoms with van der Waals surface area (Å²) >= 11 is 1.89. The Kier molecular flexibility index (Phi) is 5.13. The predicted octanol–water partition coefficient (Wildman–Crippen LogP) is 2.86. The quantitative estimate of drug-likeness (QED) is 0.522. The molecule has 0 fully saturated rings. The van der Waals surface area contributed by atoms with Gasteiger partial charge in [0.15, 0.2) is 5.65 Å². The van der Waals surface area contributed by atoms with Gasteiger partial charge in [0.2, 0.25) is 11.9 Å². The van der Waals surface area contributed by atoms with Crippen LogP contribution in [0.25, 0.3) is 11.0 Å². The highest BCUT2D eigenvalue weighted by Gasteiger charge is 2.26. The molecule has 0 aliphatic carbocycles. The summed E-state index contributed by atoms with van der Waals surface area (Å²) in [6, 6.07) is 6.38. The van der Waals surface area contributed by atoms with E-state index in [0.29, 0.717) is 3.57 Å². The number of fused-ring (bicyclic) bond motifs is 1. The summed E-state index contributed by atoms with van der Waals surface area (Å²) in [4.78, 5) is 31.5. The van der Waals surface area contributed by atoms with E-state index in [0.717, 1.165) is 9.54 Å². The Morgan fingerprint density at radius 3 is 2.39 bits per heavy atom. The van der Waals surface area contributed by atoms with Gasteiger partial charge >= 0.3 is 0 Å². The molecule has 0 saturated heterocycles. The molecule has 3 rings (SSSR count). The van der Waals surface area contributed by atoms with Crippen molar-refractivity contribution >= 4 is 55.5 Å². The number of aromatic amines is 1. The van der Waals surface area contributed by atoms with Crippen LogP contribution < -0.4 is 10.9 Å². The number of benzene rings is 1. The van der Waals surface area contributed by atoms with Gasteiger partial charge in [-0.05, 0) is 41.6 Å².